The third kappa shape index (κ3) is 3.25. The first kappa shape index (κ1) is 15.5. The number of ether oxygens (including phenoxy) is 1. The van der Waals surface area contributed by atoms with Crippen molar-refractivity contribution in [2.24, 2.45) is 11.8 Å². The highest BCUT2D eigenvalue weighted by molar-refractivity contribution is 5.59. The van der Waals surface area contributed by atoms with E-state index in [9.17, 15) is 14.5 Å². The molecule has 0 saturated heterocycles. The molecule has 1 aromatic carbocycles. The van der Waals surface area contributed by atoms with Gasteiger partial charge in [-0.1, -0.05) is 26.7 Å². The number of halogens is 1. The third-order valence-corrected chi connectivity index (χ3v) is 4.51. The van der Waals surface area contributed by atoms with E-state index in [0.29, 0.717) is 11.8 Å². The van der Waals surface area contributed by atoms with Gasteiger partial charge in [-0.2, -0.15) is 0 Å². The Morgan fingerprint density at radius 3 is 2.71 bits per heavy atom. The summed E-state index contributed by atoms with van der Waals surface area (Å²) in [4.78, 5) is 10.2. The fourth-order valence-corrected chi connectivity index (χ4v) is 2.95. The van der Waals surface area contributed by atoms with E-state index in [1.807, 2.05) is 0 Å². The van der Waals surface area contributed by atoms with Crippen molar-refractivity contribution in [2.75, 3.05) is 12.4 Å². The molecular formula is C15H21FN2O3. The van der Waals surface area contributed by atoms with Crippen molar-refractivity contribution in [3.05, 3.63) is 28.1 Å². The lowest BCUT2D eigenvalue weighted by molar-refractivity contribution is -0.385. The molecule has 0 bridgehead atoms. The normalized spacial score (nSPS) is 25.4. The van der Waals surface area contributed by atoms with Gasteiger partial charge >= 0.3 is 5.69 Å². The van der Waals surface area contributed by atoms with E-state index < -0.39 is 10.7 Å². The van der Waals surface area contributed by atoms with Crippen LogP contribution in [0.1, 0.15) is 33.1 Å². The van der Waals surface area contributed by atoms with Gasteiger partial charge in [-0.15, -0.1) is 0 Å². The van der Waals surface area contributed by atoms with Gasteiger partial charge in [0.15, 0.2) is 11.6 Å². The summed E-state index contributed by atoms with van der Waals surface area (Å²) in [5.74, 6) is 0.465. The minimum Gasteiger partial charge on any atom is -0.490 e. The van der Waals surface area contributed by atoms with Crippen LogP contribution < -0.4 is 10.1 Å². The van der Waals surface area contributed by atoms with Crippen LogP contribution in [0.15, 0.2) is 12.1 Å². The smallest absolute Gasteiger partial charge is 0.313 e. The summed E-state index contributed by atoms with van der Waals surface area (Å²) < 4.78 is 19.1. The van der Waals surface area contributed by atoms with Crippen LogP contribution in [0.4, 0.5) is 15.8 Å². The fraction of sp³-hybridized carbons (Fsp3) is 0.600. The highest BCUT2D eigenvalue weighted by Gasteiger charge is 2.28. The van der Waals surface area contributed by atoms with Crippen LogP contribution in [0.2, 0.25) is 0 Å². The van der Waals surface area contributed by atoms with E-state index in [2.05, 4.69) is 19.2 Å². The van der Waals surface area contributed by atoms with E-state index in [4.69, 9.17) is 4.74 Å². The molecule has 0 aliphatic heterocycles. The number of nitrogens with zero attached hydrogens (tertiary/aromatic N) is 1. The molecule has 1 fully saturated rings. The summed E-state index contributed by atoms with van der Waals surface area (Å²) in [6, 6.07) is 2.46. The first-order valence-corrected chi connectivity index (χ1v) is 7.22. The number of anilines is 1. The number of nitro groups is 1. The summed E-state index contributed by atoms with van der Waals surface area (Å²) in [5.41, 5.74) is -0.0889. The van der Waals surface area contributed by atoms with Gasteiger partial charge < -0.3 is 10.1 Å². The number of benzene rings is 1. The summed E-state index contributed by atoms with van der Waals surface area (Å²) in [5, 5.41) is 14.1. The molecule has 0 spiro atoms. The Morgan fingerprint density at radius 1 is 1.38 bits per heavy atom. The Bertz CT molecular complexity index is 536. The predicted octanol–water partition coefficient (Wildman–Crippen LogP) is 3.98. The molecule has 2 rings (SSSR count). The Kier molecular flexibility index (Phi) is 4.65. The molecule has 0 radical (unpaired) electrons. The van der Waals surface area contributed by atoms with Crippen molar-refractivity contribution >= 4 is 11.4 Å². The fourth-order valence-electron chi connectivity index (χ4n) is 2.95. The van der Waals surface area contributed by atoms with Crippen LogP contribution in [-0.2, 0) is 0 Å². The Hall–Kier alpha value is -1.85. The molecule has 1 aliphatic rings. The average Bonchev–Trinajstić information content (AvgIpc) is 2.45. The number of rotatable bonds is 4. The van der Waals surface area contributed by atoms with Gasteiger partial charge in [-0.25, -0.2) is 4.39 Å². The van der Waals surface area contributed by atoms with Gasteiger partial charge in [0, 0.05) is 12.1 Å². The molecule has 1 aliphatic carbocycles. The monoisotopic (exact) mass is 296 g/mol. The molecule has 5 nitrogen and oxygen atoms in total. The first-order chi connectivity index (χ1) is 9.93. The third-order valence-electron chi connectivity index (χ3n) is 4.51. The second kappa shape index (κ2) is 6.28. The van der Waals surface area contributed by atoms with Crippen LogP contribution in [0.25, 0.3) is 0 Å². The first-order valence-electron chi connectivity index (χ1n) is 7.22. The second-order valence-corrected chi connectivity index (χ2v) is 5.78. The van der Waals surface area contributed by atoms with Gasteiger partial charge in [0.05, 0.1) is 23.8 Å². The molecule has 1 N–H and O–H groups in total. The van der Waals surface area contributed by atoms with Crippen LogP contribution in [0.3, 0.4) is 0 Å². The van der Waals surface area contributed by atoms with E-state index >= 15 is 0 Å². The average molecular weight is 296 g/mol. The van der Waals surface area contributed by atoms with Gasteiger partial charge in [0.1, 0.15) is 0 Å². The number of nitrogens with one attached hydrogen (secondary N) is 1. The lowest BCUT2D eigenvalue weighted by atomic mass is 9.78. The molecule has 3 atom stereocenters. The molecule has 3 unspecified atom stereocenters. The molecule has 1 aromatic rings. The summed E-state index contributed by atoms with van der Waals surface area (Å²) >= 11 is 0. The SMILES string of the molecule is COc1cc(NC2CCCC(C)C2C)c(F)cc1[N+](=O)[O-]. The lowest BCUT2D eigenvalue weighted by Gasteiger charge is -2.35. The molecule has 116 valence electrons. The second-order valence-electron chi connectivity index (χ2n) is 5.78. The van der Waals surface area contributed by atoms with Gasteiger partial charge in [-0.3, -0.25) is 10.1 Å². The lowest BCUT2D eigenvalue weighted by Crippen LogP contribution is -2.35. The maximum Gasteiger partial charge on any atom is 0.313 e. The topological polar surface area (TPSA) is 64.4 Å². The molecule has 6 heteroatoms. The van der Waals surface area contributed by atoms with E-state index in [1.165, 1.54) is 19.6 Å². The zero-order valence-corrected chi connectivity index (χ0v) is 12.6. The van der Waals surface area contributed by atoms with E-state index in [-0.39, 0.29) is 23.2 Å². The highest BCUT2D eigenvalue weighted by Crippen LogP contribution is 2.36. The molecular weight excluding hydrogens is 275 g/mol. The highest BCUT2D eigenvalue weighted by atomic mass is 19.1. The van der Waals surface area contributed by atoms with Crippen molar-refractivity contribution in [1.29, 1.82) is 0 Å². The Labute approximate surface area is 123 Å². The number of nitro benzene ring substituents is 1. The van der Waals surface area contributed by atoms with Crippen molar-refractivity contribution in [1.82, 2.24) is 0 Å². The van der Waals surface area contributed by atoms with E-state index in [1.54, 1.807) is 0 Å². The van der Waals surface area contributed by atoms with Crippen LogP contribution in [-0.4, -0.2) is 18.1 Å². The van der Waals surface area contributed by atoms with Gasteiger partial charge in [0.25, 0.3) is 0 Å². The van der Waals surface area contributed by atoms with Crippen molar-refractivity contribution < 1.29 is 14.1 Å². The molecule has 0 aromatic heterocycles. The minimum absolute atomic E-state index is 0.0698. The standard InChI is InChI=1S/C15H21FN2O3/c1-9-5-4-6-12(10(9)2)17-13-8-15(21-3)14(18(19)20)7-11(13)16/h7-10,12,17H,4-6H2,1-3H3. The minimum atomic E-state index is -0.642. The van der Waals surface area contributed by atoms with Crippen molar-refractivity contribution in [3.63, 3.8) is 0 Å². The van der Waals surface area contributed by atoms with Gasteiger partial charge in [-0.05, 0) is 18.3 Å². The molecule has 0 amide bonds. The summed E-state index contributed by atoms with van der Waals surface area (Å²) in [6.07, 6.45) is 3.27. The zero-order valence-electron chi connectivity index (χ0n) is 12.6. The molecule has 21 heavy (non-hydrogen) atoms. The Balaban J connectivity index is 2.26. The number of hydrogen-bond donors (Lipinski definition) is 1. The summed E-state index contributed by atoms with van der Waals surface area (Å²) in [6.45, 7) is 4.35. The van der Waals surface area contributed by atoms with Gasteiger partial charge in [0.2, 0.25) is 0 Å². The van der Waals surface area contributed by atoms with Crippen LogP contribution in [0, 0.1) is 27.8 Å². The van der Waals surface area contributed by atoms with E-state index in [0.717, 1.165) is 18.9 Å². The van der Waals surface area contributed by atoms with Crippen LogP contribution in [0.5, 0.6) is 5.75 Å². The zero-order chi connectivity index (χ0) is 15.6. The van der Waals surface area contributed by atoms with Crippen molar-refractivity contribution in [2.45, 2.75) is 39.2 Å². The summed E-state index contributed by atoms with van der Waals surface area (Å²) in [7, 11) is 1.34. The maximum absolute atomic E-state index is 14.1. The molecule has 1 saturated carbocycles. The molecule has 0 heterocycles. The number of hydrogen-bond acceptors (Lipinski definition) is 4. The maximum atomic E-state index is 14.1. The Morgan fingerprint density at radius 2 is 2.10 bits per heavy atom. The number of methoxy groups -OCH3 is 1. The predicted molar refractivity (Wildman–Crippen MR) is 79.2 cm³/mol. The van der Waals surface area contributed by atoms with Crippen LogP contribution >= 0.6 is 0 Å². The van der Waals surface area contributed by atoms with Crippen molar-refractivity contribution in [3.8, 4) is 5.75 Å². The quantitative estimate of drug-likeness (QED) is 0.674. The largest absolute Gasteiger partial charge is 0.490 e.